The van der Waals surface area contributed by atoms with E-state index in [1.807, 2.05) is 62.0 Å². The third kappa shape index (κ3) is 4.69. The number of aryl methyl sites for hydroxylation is 1. The lowest BCUT2D eigenvalue weighted by molar-refractivity contribution is -0.113. The van der Waals surface area contributed by atoms with Gasteiger partial charge in [-0.2, -0.15) is 0 Å². The summed E-state index contributed by atoms with van der Waals surface area (Å²) < 4.78 is 8.75. The number of carbonyl (C=O) groups excluding carboxylic acids is 1. The van der Waals surface area contributed by atoms with Gasteiger partial charge in [-0.3, -0.25) is 14.2 Å². The molecular weight excluding hydrogens is 472 g/mol. The molecule has 0 saturated heterocycles. The first kappa shape index (κ1) is 23.9. The number of halogens is 1. The number of rotatable bonds is 7. The van der Waals surface area contributed by atoms with Crippen LogP contribution in [0.15, 0.2) is 64.7 Å². The van der Waals surface area contributed by atoms with Crippen LogP contribution in [0.4, 0.5) is 5.69 Å². The van der Waals surface area contributed by atoms with Crippen LogP contribution in [0.2, 0.25) is 5.02 Å². The number of fused-ring (bicyclic) bond motifs is 1. The molecule has 2 aromatic carbocycles. The van der Waals surface area contributed by atoms with Gasteiger partial charge in [0.25, 0.3) is 5.56 Å². The highest BCUT2D eigenvalue weighted by Gasteiger charge is 2.21. The number of hydrogen-bond acceptors (Lipinski definition) is 5. The van der Waals surface area contributed by atoms with Crippen molar-refractivity contribution >= 4 is 46.0 Å². The Labute approximate surface area is 206 Å². The molecule has 176 valence electrons. The summed E-state index contributed by atoms with van der Waals surface area (Å²) in [6, 6.07) is 14.7. The Balaban J connectivity index is 1.69. The lowest BCUT2D eigenvalue weighted by Crippen LogP contribution is -2.26. The third-order valence-corrected chi connectivity index (χ3v) is 6.55. The maximum absolute atomic E-state index is 13.5. The van der Waals surface area contributed by atoms with Crippen LogP contribution in [-0.2, 0) is 11.8 Å². The first-order chi connectivity index (χ1) is 16.3. The second kappa shape index (κ2) is 9.95. The Morgan fingerprint density at radius 1 is 1.21 bits per heavy atom. The number of nitrogens with one attached hydrogen (secondary N) is 1. The summed E-state index contributed by atoms with van der Waals surface area (Å²) in [5, 5.41) is 3.80. The SMILES string of the molecule is COc1ccc(Cl)cc1NC(=O)CSc1nc2c(-c3ccccc3)cn(C)c2c(=O)n1C(C)C. The second-order valence-electron chi connectivity index (χ2n) is 8.06. The van der Waals surface area contributed by atoms with E-state index >= 15 is 0 Å². The molecule has 0 spiro atoms. The molecule has 0 atom stereocenters. The van der Waals surface area contributed by atoms with Gasteiger partial charge >= 0.3 is 0 Å². The topological polar surface area (TPSA) is 78.2 Å². The van der Waals surface area contributed by atoms with Crippen LogP contribution >= 0.6 is 23.4 Å². The van der Waals surface area contributed by atoms with Gasteiger partial charge in [0.1, 0.15) is 16.8 Å². The molecule has 0 aliphatic rings. The first-order valence-corrected chi connectivity index (χ1v) is 12.1. The van der Waals surface area contributed by atoms with Gasteiger partial charge in [-0.1, -0.05) is 53.7 Å². The van der Waals surface area contributed by atoms with Gasteiger partial charge in [0.05, 0.1) is 18.6 Å². The quantitative estimate of drug-likeness (QED) is 0.274. The molecule has 4 rings (SSSR count). The highest BCUT2D eigenvalue weighted by Crippen LogP contribution is 2.31. The zero-order chi connectivity index (χ0) is 24.4. The number of hydrogen-bond donors (Lipinski definition) is 1. The molecule has 0 aliphatic carbocycles. The molecule has 1 amide bonds. The van der Waals surface area contributed by atoms with Crippen molar-refractivity contribution < 1.29 is 9.53 Å². The largest absolute Gasteiger partial charge is 0.495 e. The van der Waals surface area contributed by atoms with Crippen LogP contribution in [0, 0.1) is 0 Å². The van der Waals surface area contributed by atoms with Gasteiger partial charge in [-0.25, -0.2) is 4.98 Å². The molecular formula is C25H25ClN4O3S. The van der Waals surface area contributed by atoms with E-state index in [2.05, 4.69) is 5.32 Å². The highest BCUT2D eigenvalue weighted by molar-refractivity contribution is 7.99. The van der Waals surface area contributed by atoms with Crippen molar-refractivity contribution in [2.24, 2.45) is 7.05 Å². The number of aromatic nitrogens is 3. The van der Waals surface area contributed by atoms with Crippen LogP contribution in [0.5, 0.6) is 5.75 Å². The molecule has 0 radical (unpaired) electrons. The third-order valence-electron chi connectivity index (χ3n) is 5.36. The van der Waals surface area contributed by atoms with Crippen molar-refractivity contribution in [1.29, 1.82) is 0 Å². The normalized spacial score (nSPS) is 11.2. The number of nitrogens with zero attached hydrogens (tertiary/aromatic N) is 3. The molecule has 0 unspecified atom stereocenters. The zero-order valence-corrected chi connectivity index (χ0v) is 20.9. The fraction of sp³-hybridized carbons (Fsp3) is 0.240. The Morgan fingerprint density at radius 3 is 2.62 bits per heavy atom. The monoisotopic (exact) mass is 496 g/mol. The molecule has 34 heavy (non-hydrogen) atoms. The van der Waals surface area contributed by atoms with E-state index in [4.69, 9.17) is 21.3 Å². The van der Waals surface area contributed by atoms with Gasteiger partial charge < -0.3 is 14.6 Å². The van der Waals surface area contributed by atoms with Gasteiger partial charge in [-0.15, -0.1) is 0 Å². The summed E-state index contributed by atoms with van der Waals surface area (Å²) in [7, 11) is 3.37. The minimum atomic E-state index is -0.258. The average molecular weight is 497 g/mol. The van der Waals surface area contributed by atoms with E-state index in [-0.39, 0.29) is 23.3 Å². The highest BCUT2D eigenvalue weighted by atomic mass is 35.5. The van der Waals surface area contributed by atoms with Gasteiger partial charge in [0.2, 0.25) is 5.91 Å². The van der Waals surface area contributed by atoms with Crippen molar-refractivity contribution in [3.8, 4) is 16.9 Å². The summed E-state index contributed by atoms with van der Waals surface area (Å²) in [4.78, 5) is 31.1. The molecule has 7 nitrogen and oxygen atoms in total. The van der Waals surface area contributed by atoms with E-state index in [0.29, 0.717) is 32.6 Å². The molecule has 0 bridgehead atoms. The van der Waals surface area contributed by atoms with Crippen molar-refractivity contribution in [2.75, 3.05) is 18.2 Å². The Hall–Kier alpha value is -3.23. The molecule has 2 heterocycles. The molecule has 2 aromatic heterocycles. The first-order valence-electron chi connectivity index (χ1n) is 10.7. The second-order valence-corrected chi connectivity index (χ2v) is 9.44. The van der Waals surface area contributed by atoms with E-state index in [1.165, 1.54) is 18.9 Å². The van der Waals surface area contributed by atoms with Gasteiger partial charge in [0, 0.05) is 29.9 Å². The lowest BCUT2D eigenvalue weighted by Gasteiger charge is -2.16. The number of thioether (sulfide) groups is 1. The summed E-state index contributed by atoms with van der Waals surface area (Å²) in [5.41, 5.74) is 3.36. The van der Waals surface area contributed by atoms with Crippen molar-refractivity contribution in [3.63, 3.8) is 0 Å². The summed E-state index contributed by atoms with van der Waals surface area (Å²) in [6.07, 6.45) is 1.92. The maximum Gasteiger partial charge on any atom is 0.278 e. The van der Waals surface area contributed by atoms with Crippen LogP contribution in [0.1, 0.15) is 19.9 Å². The van der Waals surface area contributed by atoms with Crippen LogP contribution in [-0.4, -0.2) is 32.9 Å². The number of amides is 1. The maximum atomic E-state index is 13.5. The standard InChI is InChI=1S/C25H25ClN4O3S/c1-15(2)30-24(32)23-22(18(13-29(23)3)16-8-6-5-7-9-16)28-25(30)34-14-21(31)27-19-12-17(26)10-11-20(19)33-4/h5-13,15H,14H2,1-4H3,(H,27,31). The average Bonchev–Trinajstić information content (AvgIpc) is 3.14. The predicted octanol–water partition coefficient (Wildman–Crippen LogP) is 5.38. The number of ether oxygens (including phenoxy) is 1. The Morgan fingerprint density at radius 2 is 1.94 bits per heavy atom. The van der Waals surface area contributed by atoms with Crippen molar-refractivity contribution in [2.45, 2.75) is 25.0 Å². The van der Waals surface area contributed by atoms with Gasteiger partial charge in [-0.05, 0) is 37.6 Å². The molecule has 0 saturated carbocycles. The smallest absolute Gasteiger partial charge is 0.278 e. The molecule has 4 aromatic rings. The zero-order valence-electron chi connectivity index (χ0n) is 19.3. The minimum absolute atomic E-state index is 0.0633. The number of carbonyl (C=O) groups is 1. The van der Waals surface area contributed by atoms with E-state index in [1.54, 1.807) is 22.8 Å². The number of benzene rings is 2. The lowest BCUT2D eigenvalue weighted by atomic mass is 10.1. The van der Waals surface area contributed by atoms with Crippen molar-refractivity contribution in [3.05, 3.63) is 70.1 Å². The fourth-order valence-electron chi connectivity index (χ4n) is 3.81. The van der Waals surface area contributed by atoms with Crippen molar-refractivity contribution in [1.82, 2.24) is 14.1 Å². The Kier molecular flexibility index (Phi) is 7.00. The predicted molar refractivity (Wildman–Crippen MR) is 138 cm³/mol. The summed E-state index contributed by atoms with van der Waals surface area (Å²) in [6.45, 7) is 3.86. The van der Waals surface area contributed by atoms with Crippen LogP contribution in [0.25, 0.3) is 22.2 Å². The number of methoxy groups -OCH3 is 1. The van der Waals surface area contributed by atoms with Gasteiger partial charge in [0.15, 0.2) is 5.16 Å². The minimum Gasteiger partial charge on any atom is -0.495 e. The van der Waals surface area contributed by atoms with E-state index in [0.717, 1.165) is 11.1 Å². The molecule has 1 N–H and O–H groups in total. The summed E-state index contributed by atoms with van der Waals surface area (Å²) in [5.74, 6) is 0.318. The Bertz CT molecular complexity index is 1410. The fourth-order valence-corrected chi connectivity index (χ4v) is 4.90. The van der Waals surface area contributed by atoms with E-state index < -0.39 is 0 Å². The molecule has 0 fully saturated rings. The van der Waals surface area contributed by atoms with Crippen LogP contribution in [0.3, 0.4) is 0 Å². The summed E-state index contributed by atoms with van der Waals surface area (Å²) >= 11 is 7.28. The number of anilines is 1. The molecule has 0 aliphatic heterocycles. The molecule has 9 heteroatoms. The van der Waals surface area contributed by atoms with E-state index in [9.17, 15) is 9.59 Å². The van der Waals surface area contributed by atoms with Crippen LogP contribution < -0.4 is 15.6 Å².